The monoisotopic (exact) mass is 1100 g/mol. The number of cyclic esters (lactones) is 1. The summed E-state index contributed by atoms with van der Waals surface area (Å²) in [4.78, 5) is 77.9. The summed E-state index contributed by atoms with van der Waals surface area (Å²) in [7, 11) is -11.2. The second kappa shape index (κ2) is 36.7. The van der Waals surface area contributed by atoms with E-state index in [1.165, 1.54) is 101 Å². The number of hydrogen-bond donors (Lipinski definition) is 6. The molecule has 0 aromatic carbocycles. The van der Waals surface area contributed by atoms with Gasteiger partial charge in [0, 0.05) is 25.0 Å². The third-order valence-corrected chi connectivity index (χ3v) is 16.1. The van der Waals surface area contributed by atoms with Crippen LogP contribution < -0.4 is 11.4 Å². The summed E-state index contributed by atoms with van der Waals surface area (Å²) in [5.74, 6) is -3.81. The van der Waals surface area contributed by atoms with Crippen LogP contribution >= 0.6 is 15.6 Å². The maximum Gasteiger partial charge on any atom is 0.481 e. The SMILES string of the molecule is CCCCC[C@H](O)C=C[C@H]1C(=O)C=C[C@@H]2CC=CCCCC(=O)O[C@H](COC(=O)CCCCCCCCCCCCCCCCC(C)CC)COP(=O)(O)OP(=O)(O)OC[C@@H](O[C@H]2n2ccc(N)nc2=O)[C@@H](O)[C@H]1O. The highest BCUT2D eigenvalue weighted by molar-refractivity contribution is 7.61. The predicted octanol–water partition coefficient (Wildman–Crippen LogP) is 9.42. The van der Waals surface area contributed by atoms with Crippen molar-refractivity contribution in [1.29, 1.82) is 0 Å². The fourth-order valence-electron chi connectivity index (χ4n) is 8.73. The Labute approximate surface area is 444 Å². The first kappa shape index (κ1) is 65.9. The van der Waals surface area contributed by atoms with E-state index in [0.29, 0.717) is 25.7 Å². The van der Waals surface area contributed by atoms with Crippen molar-refractivity contribution in [2.75, 3.05) is 25.6 Å². The van der Waals surface area contributed by atoms with Crippen molar-refractivity contribution in [2.24, 2.45) is 17.8 Å². The van der Waals surface area contributed by atoms with Crippen molar-refractivity contribution in [1.82, 2.24) is 9.55 Å². The maximum absolute atomic E-state index is 13.8. The first-order chi connectivity index (χ1) is 35.8. The number of phosphoric acid groups is 2. The number of ketones is 1. The van der Waals surface area contributed by atoms with Crippen molar-refractivity contribution in [3.8, 4) is 0 Å². The normalized spacial score (nSPS) is 27.7. The molecule has 7 N–H and O–H groups in total. The van der Waals surface area contributed by atoms with Crippen molar-refractivity contribution >= 4 is 39.2 Å². The van der Waals surface area contributed by atoms with E-state index in [1.54, 1.807) is 12.2 Å². The highest BCUT2D eigenvalue weighted by Crippen LogP contribution is 2.60. The standard InChI is InChI=1S/C53H89N3O17P2/c1-4-6-21-28-42(57)32-33-44-45(58)34-31-41-27-23-19-20-25-30-49(60)71-43(37-68-48(59)29-24-18-16-14-12-10-8-7-9-11-13-15-17-22-26-40(3)5-2)38-69-74(64,65)73-75(66,67)70-39-46(51(62)50(44)61)72-52(41)56-36-35-47(54)55-53(56)63/h19,23,31-36,40-44,46,50-52,57,61-62H,4-18,20-22,24-30,37-39H2,1-3H3,(H,64,65)(H,66,67)(H2,54,55,63)/t40?,41-,42-,43+,44-,46+,50-,51+,52+/m0/s1. The van der Waals surface area contributed by atoms with Gasteiger partial charge in [0.15, 0.2) is 11.9 Å². The molecular weight excluding hydrogens is 1010 g/mol. The lowest BCUT2D eigenvalue weighted by atomic mass is 9.88. The van der Waals surface area contributed by atoms with Gasteiger partial charge in [-0.05, 0) is 50.2 Å². The van der Waals surface area contributed by atoms with Crippen molar-refractivity contribution in [2.45, 2.75) is 218 Å². The van der Waals surface area contributed by atoms with Crippen LogP contribution in [0, 0.1) is 17.8 Å². The van der Waals surface area contributed by atoms with E-state index < -0.39 is 107 Å². The molecular formula is C53H89N3O17P2. The van der Waals surface area contributed by atoms with Gasteiger partial charge in [0.25, 0.3) is 0 Å². The molecule has 0 radical (unpaired) electrons. The fraction of sp³-hybridized carbons (Fsp3) is 0.755. The van der Waals surface area contributed by atoms with E-state index in [1.807, 2.05) is 6.92 Å². The zero-order valence-corrected chi connectivity index (χ0v) is 46.4. The third kappa shape index (κ3) is 27.7. The van der Waals surface area contributed by atoms with Crippen molar-refractivity contribution < 1.29 is 76.2 Å². The number of nitrogens with zero attached hydrogens (tertiary/aromatic N) is 2. The molecule has 3 rings (SSSR count). The van der Waals surface area contributed by atoms with Crippen LogP contribution in [-0.4, -0.2) is 103 Å². The quantitative estimate of drug-likeness (QED) is 0.0207. The molecule has 20 nitrogen and oxygen atoms in total. The molecule has 11 atom stereocenters. The summed E-state index contributed by atoms with van der Waals surface area (Å²) >= 11 is 0. The van der Waals surface area contributed by atoms with Crippen molar-refractivity contribution in [3.05, 3.63) is 59.2 Å². The molecule has 2 aliphatic heterocycles. The molecule has 0 aliphatic carbocycles. The molecule has 22 heteroatoms. The average molecular weight is 1100 g/mol. The van der Waals surface area contributed by atoms with Gasteiger partial charge in [0.05, 0.1) is 31.3 Å². The molecule has 0 saturated carbocycles. The minimum absolute atomic E-state index is 0.0534. The van der Waals surface area contributed by atoms with Gasteiger partial charge in [0.1, 0.15) is 30.9 Å². The fourth-order valence-corrected chi connectivity index (χ4v) is 10.8. The lowest BCUT2D eigenvalue weighted by Crippen LogP contribution is -2.49. The number of hydrogen-bond acceptors (Lipinski definition) is 17. The number of ether oxygens (including phenoxy) is 3. The van der Waals surface area contributed by atoms with Crippen LogP contribution in [0.4, 0.5) is 5.82 Å². The molecule has 0 saturated heterocycles. The summed E-state index contributed by atoms with van der Waals surface area (Å²) in [5.41, 5.74) is 4.84. The Morgan fingerprint density at radius 3 is 2.11 bits per heavy atom. The number of nitrogens with two attached hydrogens (primary N) is 1. The number of carbonyl (C=O) groups is 3. The smallest absolute Gasteiger partial charge is 0.462 e. The summed E-state index contributed by atoms with van der Waals surface area (Å²) < 4.78 is 59.1. The molecule has 1 aromatic heterocycles. The number of carbonyl (C=O) groups excluding carboxylic acids is 3. The van der Waals surface area contributed by atoms with E-state index in [4.69, 9.17) is 29.0 Å². The summed E-state index contributed by atoms with van der Waals surface area (Å²) in [5, 5.41) is 33.8. The van der Waals surface area contributed by atoms with Gasteiger partial charge in [-0.2, -0.15) is 9.29 Å². The Morgan fingerprint density at radius 2 is 1.48 bits per heavy atom. The minimum Gasteiger partial charge on any atom is -0.462 e. The van der Waals surface area contributed by atoms with Crippen LogP contribution in [0.2, 0.25) is 0 Å². The van der Waals surface area contributed by atoms with E-state index in [0.717, 1.165) is 55.1 Å². The summed E-state index contributed by atoms with van der Waals surface area (Å²) in [6.07, 6.45) is 22.0. The Morgan fingerprint density at radius 1 is 0.867 bits per heavy atom. The number of anilines is 1. The number of aliphatic hydroxyl groups excluding tert-OH is 3. The third-order valence-electron chi connectivity index (χ3n) is 13.5. The van der Waals surface area contributed by atoms with Crippen LogP contribution in [0.25, 0.3) is 0 Å². The predicted molar refractivity (Wildman–Crippen MR) is 284 cm³/mol. The van der Waals surface area contributed by atoms with Gasteiger partial charge in [-0.25, -0.2) is 13.9 Å². The number of esters is 2. The second-order valence-corrected chi connectivity index (χ2v) is 23.0. The highest BCUT2D eigenvalue weighted by Gasteiger charge is 2.42. The number of nitrogen functional groups attached to an aromatic ring is 1. The number of phosphoric ester groups is 2. The molecule has 0 spiro atoms. The highest BCUT2D eigenvalue weighted by atomic mass is 31.3. The number of rotatable bonds is 27. The molecule has 0 amide bonds. The first-order valence-corrected chi connectivity index (χ1v) is 30.4. The van der Waals surface area contributed by atoms with Crippen LogP contribution in [0.15, 0.2) is 53.5 Å². The van der Waals surface area contributed by atoms with Gasteiger partial charge >= 0.3 is 33.3 Å². The number of allylic oxidation sites excluding steroid dienone is 3. The minimum atomic E-state index is -5.67. The van der Waals surface area contributed by atoms with Crippen LogP contribution in [0.1, 0.15) is 188 Å². The lowest BCUT2D eigenvalue weighted by molar-refractivity contribution is -0.167. The van der Waals surface area contributed by atoms with E-state index >= 15 is 0 Å². The first-order valence-electron chi connectivity index (χ1n) is 27.4. The number of aromatic nitrogens is 2. The summed E-state index contributed by atoms with van der Waals surface area (Å²) in [6.45, 7) is 3.94. The average Bonchev–Trinajstić information content (AvgIpc) is 3.36. The molecule has 0 fully saturated rings. The van der Waals surface area contributed by atoms with E-state index in [9.17, 15) is 53.4 Å². The Bertz CT molecular complexity index is 2070. The molecule has 75 heavy (non-hydrogen) atoms. The van der Waals surface area contributed by atoms with Gasteiger partial charge in [-0.1, -0.05) is 167 Å². The Hall–Kier alpha value is -3.39. The van der Waals surface area contributed by atoms with E-state index in [-0.39, 0.29) is 31.5 Å². The molecule has 3 heterocycles. The summed E-state index contributed by atoms with van der Waals surface area (Å²) in [6, 6.07) is 1.28. The largest absolute Gasteiger partial charge is 0.481 e. The number of unbranched alkanes of at least 4 members (excludes halogenated alkanes) is 15. The molecule has 1 aromatic rings. The van der Waals surface area contributed by atoms with Crippen LogP contribution in [0.3, 0.4) is 0 Å². The maximum atomic E-state index is 13.8. The zero-order chi connectivity index (χ0) is 55.1. The second-order valence-electron chi connectivity index (χ2n) is 20.0. The van der Waals surface area contributed by atoms with Crippen LogP contribution in [-0.2, 0) is 51.1 Å². The Kier molecular flexibility index (Phi) is 32.2. The number of aliphatic hydroxyl groups is 3. The van der Waals surface area contributed by atoms with Gasteiger partial charge < -0.3 is 45.1 Å². The van der Waals surface area contributed by atoms with Gasteiger partial charge in [0.2, 0.25) is 0 Å². The molecule has 428 valence electrons. The lowest BCUT2D eigenvalue weighted by Gasteiger charge is -2.36. The van der Waals surface area contributed by atoms with Gasteiger partial charge in [-0.15, -0.1) is 0 Å². The molecule has 2 aliphatic rings. The van der Waals surface area contributed by atoms with Gasteiger partial charge in [-0.3, -0.25) is 28.0 Å². The van der Waals surface area contributed by atoms with E-state index in [2.05, 4.69) is 23.1 Å². The van der Waals surface area contributed by atoms with Crippen LogP contribution in [0.5, 0.6) is 0 Å². The zero-order valence-electron chi connectivity index (χ0n) is 44.6. The molecule has 3 unspecified atom stereocenters. The topological polar surface area (TPSA) is 303 Å². The molecule has 2 bridgehead atoms. The van der Waals surface area contributed by atoms with Crippen molar-refractivity contribution in [3.63, 3.8) is 0 Å². The Balaban J connectivity index is 1.68. The number of fused-ring (bicyclic) bond motifs is 3.